The van der Waals surface area contributed by atoms with E-state index in [1.54, 1.807) is 0 Å². The van der Waals surface area contributed by atoms with E-state index in [1.165, 1.54) is 0 Å². The van der Waals surface area contributed by atoms with Crippen LogP contribution in [0.2, 0.25) is 0 Å². The number of benzene rings is 1. The number of para-hydroxylation sites is 1. The van der Waals surface area contributed by atoms with Crippen molar-refractivity contribution in [3.05, 3.63) is 29.8 Å². The minimum absolute atomic E-state index is 0.00683. The van der Waals surface area contributed by atoms with Crippen molar-refractivity contribution in [2.24, 2.45) is 0 Å². The average Bonchev–Trinajstić information content (AvgIpc) is 2.34. The quantitative estimate of drug-likeness (QED) is 0.849. The molecule has 1 heterocycles. The number of ether oxygens (including phenoxy) is 1. The molecular formula is C14H18N2O2. The SMILES string of the molecule is CC1(C)CC(C#N)(NCCO)c2ccccc2O1. The van der Waals surface area contributed by atoms with E-state index < -0.39 is 11.1 Å². The predicted molar refractivity (Wildman–Crippen MR) is 68.1 cm³/mol. The maximum absolute atomic E-state index is 9.60. The largest absolute Gasteiger partial charge is 0.487 e. The molecule has 0 radical (unpaired) electrons. The molecule has 2 rings (SSSR count). The summed E-state index contributed by atoms with van der Waals surface area (Å²) in [6, 6.07) is 9.93. The summed E-state index contributed by atoms with van der Waals surface area (Å²) >= 11 is 0. The van der Waals surface area contributed by atoms with Crippen molar-refractivity contribution in [1.29, 1.82) is 5.26 Å². The normalized spacial score (nSPS) is 24.8. The molecule has 0 aliphatic carbocycles. The van der Waals surface area contributed by atoms with Crippen molar-refractivity contribution in [3.63, 3.8) is 0 Å². The Kier molecular flexibility index (Phi) is 3.29. The van der Waals surface area contributed by atoms with Gasteiger partial charge in [0.1, 0.15) is 16.9 Å². The fraction of sp³-hybridized carbons (Fsp3) is 0.500. The zero-order valence-electron chi connectivity index (χ0n) is 10.7. The topological polar surface area (TPSA) is 65.3 Å². The molecule has 1 atom stereocenters. The first-order valence-corrected chi connectivity index (χ1v) is 6.09. The summed E-state index contributed by atoms with van der Waals surface area (Å²) in [5.41, 5.74) is -0.353. The first-order valence-electron chi connectivity index (χ1n) is 6.09. The van der Waals surface area contributed by atoms with E-state index in [-0.39, 0.29) is 6.61 Å². The Morgan fingerprint density at radius 1 is 1.44 bits per heavy atom. The first kappa shape index (κ1) is 12.9. The van der Waals surface area contributed by atoms with Crippen LogP contribution in [0.1, 0.15) is 25.8 Å². The fourth-order valence-corrected chi connectivity index (χ4v) is 2.54. The van der Waals surface area contributed by atoms with E-state index in [0.717, 1.165) is 11.3 Å². The lowest BCUT2D eigenvalue weighted by Crippen LogP contribution is -2.52. The number of aliphatic hydroxyl groups excluding tert-OH is 1. The van der Waals surface area contributed by atoms with E-state index in [4.69, 9.17) is 9.84 Å². The van der Waals surface area contributed by atoms with Gasteiger partial charge in [-0.15, -0.1) is 0 Å². The highest BCUT2D eigenvalue weighted by atomic mass is 16.5. The van der Waals surface area contributed by atoms with Crippen LogP contribution in [0.25, 0.3) is 0 Å². The maximum Gasteiger partial charge on any atom is 0.139 e. The number of hydrogen-bond donors (Lipinski definition) is 2. The summed E-state index contributed by atoms with van der Waals surface area (Å²) < 4.78 is 5.90. The second-order valence-corrected chi connectivity index (χ2v) is 5.20. The van der Waals surface area contributed by atoms with E-state index in [1.807, 2.05) is 38.1 Å². The fourth-order valence-electron chi connectivity index (χ4n) is 2.54. The van der Waals surface area contributed by atoms with E-state index in [0.29, 0.717) is 13.0 Å². The summed E-state index contributed by atoms with van der Waals surface area (Å²) in [4.78, 5) is 0. The summed E-state index contributed by atoms with van der Waals surface area (Å²) in [6.07, 6.45) is 0.549. The van der Waals surface area contributed by atoms with Crippen molar-refractivity contribution in [2.75, 3.05) is 13.2 Å². The van der Waals surface area contributed by atoms with Crippen molar-refractivity contribution in [3.8, 4) is 11.8 Å². The van der Waals surface area contributed by atoms with Crippen LogP contribution in [-0.2, 0) is 5.54 Å². The molecule has 1 aliphatic rings. The summed E-state index contributed by atoms with van der Waals surface area (Å²) in [5, 5.41) is 21.7. The molecule has 0 saturated carbocycles. The number of fused-ring (bicyclic) bond motifs is 1. The monoisotopic (exact) mass is 246 g/mol. The van der Waals surface area contributed by atoms with Crippen LogP contribution in [0.5, 0.6) is 5.75 Å². The number of nitrogens with one attached hydrogen (secondary N) is 1. The molecule has 1 aromatic rings. The van der Waals surface area contributed by atoms with Crippen LogP contribution in [0.3, 0.4) is 0 Å². The molecule has 0 bridgehead atoms. The summed E-state index contributed by atoms with van der Waals surface area (Å²) in [6.45, 7) is 4.33. The van der Waals surface area contributed by atoms with Gasteiger partial charge in [0.15, 0.2) is 0 Å². The molecule has 2 N–H and O–H groups in total. The highest BCUT2D eigenvalue weighted by molar-refractivity contribution is 5.46. The third-order valence-corrected chi connectivity index (χ3v) is 3.15. The molecule has 0 spiro atoms. The van der Waals surface area contributed by atoms with Crippen molar-refractivity contribution < 1.29 is 9.84 Å². The van der Waals surface area contributed by atoms with E-state index in [2.05, 4.69) is 11.4 Å². The molecule has 1 aromatic carbocycles. The highest BCUT2D eigenvalue weighted by Crippen LogP contribution is 2.42. The van der Waals surface area contributed by atoms with Crippen molar-refractivity contribution in [2.45, 2.75) is 31.4 Å². The standard InChI is InChI=1S/C14H18N2O2/c1-13(2)9-14(10-15,16-7-8-17)11-5-3-4-6-12(11)18-13/h3-6,16-17H,7-9H2,1-2H3. The lowest BCUT2D eigenvalue weighted by atomic mass is 9.78. The molecule has 4 nitrogen and oxygen atoms in total. The van der Waals surface area contributed by atoms with Crippen molar-refractivity contribution in [1.82, 2.24) is 5.32 Å². The molecule has 0 aromatic heterocycles. The van der Waals surface area contributed by atoms with Crippen LogP contribution in [0.15, 0.2) is 24.3 Å². The summed E-state index contributed by atoms with van der Waals surface area (Å²) in [7, 11) is 0. The second-order valence-electron chi connectivity index (χ2n) is 5.20. The Hall–Kier alpha value is -1.57. The third kappa shape index (κ3) is 2.20. The van der Waals surface area contributed by atoms with Gasteiger partial charge in [0.2, 0.25) is 0 Å². The van der Waals surface area contributed by atoms with Gasteiger partial charge in [-0.2, -0.15) is 5.26 Å². The van der Waals surface area contributed by atoms with Crippen molar-refractivity contribution >= 4 is 0 Å². The predicted octanol–water partition coefficient (Wildman–Crippen LogP) is 1.55. The van der Waals surface area contributed by atoms with Gasteiger partial charge in [-0.25, -0.2) is 0 Å². The number of rotatable bonds is 3. The van der Waals surface area contributed by atoms with Crippen LogP contribution in [-0.4, -0.2) is 23.9 Å². The Morgan fingerprint density at radius 2 is 2.17 bits per heavy atom. The van der Waals surface area contributed by atoms with Gasteiger partial charge in [0, 0.05) is 18.5 Å². The zero-order chi connectivity index (χ0) is 13.2. The molecule has 4 heteroatoms. The number of aliphatic hydroxyl groups is 1. The van der Waals surface area contributed by atoms with Gasteiger partial charge in [0.25, 0.3) is 0 Å². The van der Waals surface area contributed by atoms with Gasteiger partial charge < -0.3 is 9.84 Å². The number of nitrogens with zero attached hydrogens (tertiary/aromatic N) is 1. The Morgan fingerprint density at radius 3 is 2.83 bits per heavy atom. The van der Waals surface area contributed by atoms with Gasteiger partial charge >= 0.3 is 0 Å². The maximum atomic E-state index is 9.60. The second kappa shape index (κ2) is 4.60. The zero-order valence-corrected chi connectivity index (χ0v) is 10.7. The molecular weight excluding hydrogens is 228 g/mol. The van der Waals surface area contributed by atoms with E-state index >= 15 is 0 Å². The van der Waals surface area contributed by atoms with Gasteiger partial charge in [-0.05, 0) is 19.9 Å². The Bertz CT molecular complexity index is 479. The molecule has 0 saturated heterocycles. The third-order valence-electron chi connectivity index (χ3n) is 3.15. The minimum Gasteiger partial charge on any atom is -0.487 e. The van der Waals surface area contributed by atoms with Crippen LogP contribution in [0, 0.1) is 11.3 Å². The van der Waals surface area contributed by atoms with Crippen LogP contribution in [0.4, 0.5) is 0 Å². The molecule has 1 unspecified atom stereocenters. The van der Waals surface area contributed by atoms with Gasteiger partial charge in [-0.3, -0.25) is 5.32 Å². The van der Waals surface area contributed by atoms with Crippen LogP contribution >= 0.6 is 0 Å². The minimum atomic E-state index is -0.791. The first-order chi connectivity index (χ1) is 8.53. The molecule has 18 heavy (non-hydrogen) atoms. The Labute approximate surface area is 107 Å². The molecule has 1 aliphatic heterocycles. The van der Waals surface area contributed by atoms with E-state index in [9.17, 15) is 5.26 Å². The molecule has 0 fully saturated rings. The Balaban J connectivity index is 2.48. The number of hydrogen-bond acceptors (Lipinski definition) is 4. The molecule has 96 valence electrons. The average molecular weight is 246 g/mol. The van der Waals surface area contributed by atoms with Gasteiger partial charge in [0.05, 0.1) is 12.7 Å². The smallest absolute Gasteiger partial charge is 0.139 e. The highest BCUT2D eigenvalue weighted by Gasteiger charge is 2.45. The lowest BCUT2D eigenvalue weighted by Gasteiger charge is -2.42. The lowest BCUT2D eigenvalue weighted by molar-refractivity contribution is 0.0478. The molecule has 0 amide bonds. The summed E-state index contributed by atoms with van der Waals surface area (Å²) in [5.74, 6) is 0.737. The van der Waals surface area contributed by atoms with Crippen LogP contribution < -0.4 is 10.1 Å². The van der Waals surface area contributed by atoms with Gasteiger partial charge in [-0.1, -0.05) is 18.2 Å². The number of nitriles is 1.